The molecule has 0 radical (unpaired) electrons. The van der Waals surface area contributed by atoms with Crippen LogP contribution in [0.3, 0.4) is 0 Å². The molecule has 0 spiro atoms. The number of carbonyl (C=O) groups is 3. The summed E-state index contributed by atoms with van der Waals surface area (Å²) in [7, 11) is 0. The number of thiazole rings is 1. The van der Waals surface area contributed by atoms with E-state index < -0.39 is 5.97 Å². The Hall–Kier alpha value is -2.87. The van der Waals surface area contributed by atoms with Gasteiger partial charge in [0, 0.05) is 10.9 Å². The van der Waals surface area contributed by atoms with Crippen LogP contribution < -0.4 is 0 Å². The van der Waals surface area contributed by atoms with E-state index >= 15 is 0 Å². The summed E-state index contributed by atoms with van der Waals surface area (Å²) in [6.45, 7) is -0.411. The molecule has 2 aliphatic carbocycles. The molecule has 6 nitrogen and oxygen atoms in total. The third kappa shape index (κ3) is 3.07. The molecular formula is C21H17FN2O4S. The lowest BCUT2D eigenvalue weighted by Crippen LogP contribution is -2.37. The van der Waals surface area contributed by atoms with Crippen LogP contribution in [0.15, 0.2) is 41.8 Å². The van der Waals surface area contributed by atoms with Gasteiger partial charge in [-0.25, -0.2) is 9.37 Å². The van der Waals surface area contributed by atoms with Gasteiger partial charge in [-0.2, -0.15) is 0 Å². The average molecular weight is 412 g/mol. The molecule has 0 N–H and O–H groups in total. The number of amides is 2. The lowest BCUT2D eigenvalue weighted by molar-refractivity contribution is -0.154. The Morgan fingerprint density at radius 3 is 2.45 bits per heavy atom. The maximum atomic E-state index is 13.0. The first-order valence-corrected chi connectivity index (χ1v) is 10.3. The minimum Gasteiger partial charge on any atom is -0.458 e. The van der Waals surface area contributed by atoms with Crippen LogP contribution in [-0.4, -0.2) is 34.2 Å². The van der Waals surface area contributed by atoms with Gasteiger partial charge in [0.05, 0.1) is 17.5 Å². The summed E-state index contributed by atoms with van der Waals surface area (Å²) in [6.07, 6.45) is 4.88. The number of halogens is 1. The SMILES string of the molecule is O=C(CN1C(=O)C2C3C=CC(C3)C2C1=O)OCc1csc(-c2ccc(F)cc2)n1. The van der Waals surface area contributed by atoms with E-state index in [2.05, 4.69) is 4.98 Å². The predicted octanol–water partition coefficient (Wildman–Crippen LogP) is 2.80. The van der Waals surface area contributed by atoms with Gasteiger partial charge >= 0.3 is 5.97 Å². The summed E-state index contributed by atoms with van der Waals surface area (Å²) >= 11 is 1.36. The molecule has 2 amide bonds. The highest BCUT2D eigenvalue weighted by atomic mass is 32.1. The molecule has 29 heavy (non-hydrogen) atoms. The molecule has 1 saturated heterocycles. The van der Waals surface area contributed by atoms with Crippen molar-refractivity contribution in [3.63, 3.8) is 0 Å². The lowest BCUT2D eigenvalue weighted by Gasteiger charge is -2.16. The van der Waals surface area contributed by atoms with Crippen molar-refractivity contribution in [2.75, 3.05) is 6.54 Å². The van der Waals surface area contributed by atoms with E-state index in [-0.39, 0.29) is 54.5 Å². The maximum absolute atomic E-state index is 13.0. The summed E-state index contributed by atoms with van der Waals surface area (Å²) in [5, 5.41) is 2.45. The quantitative estimate of drug-likeness (QED) is 0.429. The highest BCUT2D eigenvalue weighted by Crippen LogP contribution is 2.52. The fourth-order valence-electron chi connectivity index (χ4n) is 4.55. The number of benzene rings is 1. The van der Waals surface area contributed by atoms with Gasteiger partial charge < -0.3 is 4.74 Å². The number of likely N-dealkylation sites (tertiary alicyclic amines) is 1. The number of nitrogens with zero attached hydrogens (tertiary/aromatic N) is 2. The van der Waals surface area contributed by atoms with Crippen LogP contribution in [-0.2, 0) is 25.7 Å². The van der Waals surface area contributed by atoms with E-state index in [1.54, 1.807) is 17.5 Å². The number of esters is 1. The molecule has 4 unspecified atom stereocenters. The van der Waals surface area contributed by atoms with Crippen molar-refractivity contribution >= 4 is 29.1 Å². The molecule has 1 aliphatic heterocycles. The minimum absolute atomic E-state index is 0.0492. The Balaban J connectivity index is 1.19. The van der Waals surface area contributed by atoms with E-state index in [4.69, 9.17) is 4.74 Å². The molecule has 2 bridgehead atoms. The average Bonchev–Trinajstić information content (AvgIpc) is 3.48. The predicted molar refractivity (Wildman–Crippen MR) is 102 cm³/mol. The van der Waals surface area contributed by atoms with E-state index in [9.17, 15) is 18.8 Å². The molecule has 4 atom stereocenters. The number of allylic oxidation sites excluding steroid dienone is 2. The zero-order chi connectivity index (χ0) is 20.1. The van der Waals surface area contributed by atoms with Crippen molar-refractivity contribution in [3.05, 3.63) is 53.3 Å². The first-order valence-electron chi connectivity index (χ1n) is 9.41. The van der Waals surface area contributed by atoms with E-state index in [1.165, 1.54) is 23.5 Å². The first-order chi connectivity index (χ1) is 14.0. The van der Waals surface area contributed by atoms with Crippen LogP contribution in [0.5, 0.6) is 0 Å². The van der Waals surface area contributed by atoms with Crippen molar-refractivity contribution in [2.24, 2.45) is 23.7 Å². The minimum atomic E-state index is -0.636. The number of carbonyl (C=O) groups excluding carboxylic acids is 3. The van der Waals surface area contributed by atoms with Crippen LogP contribution >= 0.6 is 11.3 Å². The third-order valence-electron chi connectivity index (χ3n) is 5.87. The summed E-state index contributed by atoms with van der Waals surface area (Å²) in [4.78, 5) is 42.9. The van der Waals surface area contributed by atoms with Crippen LogP contribution in [0.4, 0.5) is 4.39 Å². The number of imide groups is 1. The van der Waals surface area contributed by atoms with Crippen molar-refractivity contribution in [3.8, 4) is 10.6 Å². The first kappa shape index (κ1) is 18.2. The molecule has 148 valence electrons. The number of fused-ring (bicyclic) bond motifs is 5. The van der Waals surface area contributed by atoms with Crippen molar-refractivity contribution in [1.29, 1.82) is 0 Å². The molecule has 3 aliphatic rings. The second-order valence-corrected chi connectivity index (χ2v) is 8.43. The molecule has 5 rings (SSSR count). The van der Waals surface area contributed by atoms with Crippen molar-refractivity contribution < 1.29 is 23.5 Å². The van der Waals surface area contributed by atoms with Gasteiger partial charge in [0.15, 0.2) is 0 Å². The van der Waals surface area contributed by atoms with Crippen LogP contribution in [0.1, 0.15) is 12.1 Å². The zero-order valence-corrected chi connectivity index (χ0v) is 16.1. The molecule has 1 saturated carbocycles. The number of hydrogen-bond acceptors (Lipinski definition) is 6. The Kier molecular flexibility index (Phi) is 4.31. The van der Waals surface area contributed by atoms with E-state index in [0.717, 1.165) is 16.9 Å². The molecule has 2 aromatic rings. The summed E-state index contributed by atoms with van der Waals surface area (Å²) < 4.78 is 18.3. The van der Waals surface area contributed by atoms with E-state index in [0.29, 0.717) is 10.7 Å². The zero-order valence-electron chi connectivity index (χ0n) is 15.3. The number of aromatic nitrogens is 1. The standard InChI is InChI=1S/C21H17FN2O4S/c22-14-5-3-11(4-6-14)19-23-15(10-29-19)9-28-16(25)8-24-20(26)17-12-1-2-13(7-12)18(17)21(24)27/h1-6,10,12-13,17-18H,7-9H2. The smallest absolute Gasteiger partial charge is 0.326 e. The molecule has 2 heterocycles. The number of hydrogen-bond donors (Lipinski definition) is 0. The summed E-state index contributed by atoms with van der Waals surface area (Å²) in [5.41, 5.74) is 1.33. The van der Waals surface area contributed by atoms with Gasteiger partial charge in [-0.15, -0.1) is 11.3 Å². The van der Waals surface area contributed by atoms with Crippen molar-refractivity contribution in [1.82, 2.24) is 9.88 Å². The fraction of sp³-hybridized carbons (Fsp3) is 0.333. The maximum Gasteiger partial charge on any atom is 0.326 e. The summed E-state index contributed by atoms with van der Waals surface area (Å²) in [6, 6.07) is 5.98. The highest BCUT2D eigenvalue weighted by molar-refractivity contribution is 7.13. The largest absolute Gasteiger partial charge is 0.458 e. The van der Waals surface area contributed by atoms with Crippen LogP contribution in [0.25, 0.3) is 10.6 Å². The van der Waals surface area contributed by atoms with Gasteiger partial charge in [-0.3, -0.25) is 19.3 Å². The van der Waals surface area contributed by atoms with E-state index in [1.807, 2.05) is 12.2 Å². The Bertz CT molecular complexity index is 1000. The fourth-order valence-corrected chi connectivity index (χ4v) is 5.36. The molecule has 1 aromatic heterocycles. The Labute approximate surface area is 170 Å². The van der Waals surface area contributed by atoms with Gasteiger partial charge in [-0.1, -0.05) is 12.2 Å². The molecule has 2 fully saturated rings. The second kappa shape index (κ2) is 6.88. The van der Waals surface area contributed by atoms with Gasteiger partial charge in [0.2, 0.25) is 11.8 Å². The lowest BCUT2D eigenvalue weighted by atomic mass is 9.85. The monoisotopic (exact) mass is 412 g/mol. The van der Waals surface area contributed by atoms with Crippen LogP contribution in [0, 0.1) is 29.5 Å². The number of ether oxygens (including phenoxy) is 1. The van der Waals surface area contributed by atoms with Gasteiger partial charge in [-0.05, 0) is 42.5 Å². The topological polar surface area (TPSA) is 76.6 Å². The Morgan fingerprint density at radius 2 is 1.79 bits per heavy atom. The molecule has 1 aromatic carbocycles. The highest BCUT2D eigenvalue weighted by Gasteiger charge is 2.59. The van der Waals surface area contributed by atoms with Crippen LogP contribution in [0.2, 0.25) is 0 Å². The normalized spacial score (nSPS) is 27.0. The third-order valence-corrected chi connectivity index (χ3v) is 6.81. The van der Waals surface area contributed by atoms with Gasteiger partial charge in [0.25, 0.3) is 0 Å². The molecule has 8 heteroatoms. The summed E-state index contributed by atoms with van der Waals surface area (Å²) in [5.74, 6) is -1.89. The Morgan fingerprint density at radius 1 is 1.14 bits per heavy atom. The van der Waals surface area contributed by atoms with Crippen molar-refractivity contribution in [2.45, 2.75) is 13.0 Å². The number of rotatable bonds is 5. The second-order valence-electron chi connectivity index (χ2n) is 7.57. The molecular weight excluding hydrogens is 395 g/mol. The van der Waals surface area contributed by atoms with Gasteiger partial charge in [0.1, 0.15) is 24.0 Å².